The molecule has 7 nitrogen and oxygen atoms in total. The molecule has 3 aromatic rings. The van der Waals surface area contributed by atoms with Crippen molar-refractivity contribution < 1.29 is 23.9 Å². The molecule has 0 atom stereocenters. The quantitative estimate of drug-likeness (QED) is 0.250. The summed E-state index contributed by atoms with van der Waals surface area (Å²) < 4.78 is 13.9. The molecule has 10 heteroatoms. The Labute approximate surface area is 226 Å². The van der Waals surface area contributed by atoms with Crippen molar-refractivity contribution in [1.82, 2.24) is 5.32 Å². The number of hydrogen-bond donors (Lipinski definition) is 1. The number of carbonyl (C=O) groups is 3. The van der Waals surface area contributed by atoms with E-state index in [-0.39, 0.29) is 5.57 Å². The molecule has 3 aromatic carbocycles. The number of rotatable bonds is 6. The Morgan fingerprint density at radius 1 is 0.914 bits per heavy atom. The van der Waals surface area contributed by atoms with Crippen LogP contribution in [0, 0.1) is 0 Å². The van der Waals surface area contributed by atoms with Crippen molar-refractivity contribution in [2.24, 2.45) is 0 Å². The van der Waals surface area contributed by atoms with Gasteiger partial charge < -0.3 is 9.47 Å². The largest absolute Gasteiger partial charge is 0.493 e. The van der Waals surface area contributed by atoms with Gasteiger partial charge in [0.2, 0.25) is 0 Å². The molecule has 0 radical (unpaired) electrons. The van der Waals surface area contributed by atoms with E-state index in [9.17, 15) is 14.4 Å². The first-order valence-corrected chi connectivity index (χ1v) is 12.6. The minimum atomic E-state index is -0.810. The fourth-order valence-electron chi connectivity index (χ4n) is 3.36. The van der Waals surface area contributed by atoms with E-state index in [0.29, 0.717) is 33.8 Å². The average Bonchev–Trinajstić information content (AvgIpc) is 2.81. The van der Waals surface area contributed by atoms with Gasteiger partial charge in [-0.05, 0) is 54.1 Å². The van der Waals surface area contributed by atoms with E-state index in [1.54, 1.807) is 42.5 Å². The molecule has 0 spiro atoms. The van der Waals surface area contributed by atoms with Crippen LogP contribution >= 0.6 is 47.8 Å². The highest BCUT2D eigenvalue weighted by molar-refractivity contribution is 9.11. The predicted octanol–water partition coefficient (Wildman–Crippen LogP) is 6.23. The molecule has 0 saturated carbocycles. The monoisotopic (exact) mass is 662 g/mol. The maximum absolute atomic E-state index is 13.1. The van der Waals surface area contributed by atoms with Crippen LogP contribution in [0.25, 0.3) is 6.08 Å². The minimum Gasteiger partial charge on any atom is -0.493 e. The Kier molecular flexibility index (Phi) is 7.73. The van der Waals surface area contributed by atoms with Gasteiger partial charge in [0.1, 0.15) is 12.2 Å². The summed E-state index contributed by atoms with van der Waals surface area (Å²) in [5, 5.41) is 2.22. The van der Waals surface area contributed by atoms with Gasteiger partial charge in [0.05, 0.1) is 12.8 Å². The third-order valence-electron chi connectivity index (χ3n) is 5.07. The zero-order chi connectivity index (χ0) is 25.1. The summed E-state index contributed by atoms with van der Waals surface area (Å²) in [4.78, 5) is 38.9. The molecule has 4 amide bonds. The van der Waals surface area contributed by atoms with Crippen molar-refractivity contribution in [2.45, 2.75) is 6.61 Å². The number of benzene rings is 3. The molecule has 0 unspecified atom stereocenters. The highest BCUT2D eigenvalue weighted by Gasteiger charge is 2.36. The number of hydrogen-bond acceptors (Lipinski definition) is 5. The number of nitrogens with one attached hydrogen (secondary N) is 1. The first-order chi connectivity index (χ1) is 16.8. The molecule has 0 bridgehead atoms. The van der Waals surface area contributed by atoms with Crippen molar-refractivity contribution >= 4 is 77.4 Å². The van der Waals surface area contributed by atoms with Gasteiger partial charge in [0.15, 0.2) is 11.5 Å². The molecule has 1 fully saturated rings. The number of ether oxygens (including phenoxy) is 2. The third-order valence-corrected chi connectivity index (χ3v) is 6.79. The van der Waals surface area contributed by atoms with Gasteiger partial charge >= 0.3 is 6.03 Å². The normalized spacial score (nSPS) is 14.8. The molecule has 1 heterocycles. The second-order valence-corrected chi connectivity index (χ2v) is 10.1. The highest BCUT2D eigenvalue weighted by Crippen LogP contribution is 2.32. The summed E-state index contributed by atoms with van der Waals surface area (Å²) in [5.41, 5.74) is 1.63. The van der Waals surface area contributed by atoms with Crippen molar-refractivity contribution in [2.75, 3.05) is 12.0 Å². The van der Waals surface area contributed by atoms with Crippen LogP contribution in [0.5, 0.6) is 11.5 Å². The van der Waals surface area contributed by atoms with E-state index in [1.807, 2.05) is 18.2 Å². The van der Waals surface area contributed by atoms with Crippen LogP contribution in [0.1, 0.15) is 11.1 Å². The molecule has 1 saturated heterocycles. The lowest BCUT2D eigenvalue weighted by Crippen LogP contribution is -2.54. The summed E-state index contributed by atoms with van der Waals surface area (Å²) in [6, 6.07) is 16.7. The number of amides is 4. The molecule has 0 aromatic heterocycles. The predicted molar refractivity (Wildman–Crippen MR) is 142 cm³/mol. The number of urea groups is 1. The lowest BCUT2D eigenvalue weighted by Gasteiger charge is -2.26. The van der Waals surface area contributed by atoms with E-state index in [2.05, 4.69) is 53.1 Å². The van der Waals surface area contributed by atoms with E-state index < -0.39 is 17.8 Å². The molecule has 35 heavy (non-hydrogen) atoms. The van der Waals surface area contributed by atoms with Crippen LogP contribution in [0.4, 0.5) is 10.5 Å². The minimum absolute atomic E-state index is 0.181. The summed E-state index contributed by atoms with van der Waals surface area (Å²) in [6.45, 7) is 0.301. The summed E-state index contributed by atoms with van der Waals surface area (Å²) in [5.74, 6) is -0.576. The average molecular weight is 665 g/mol. The van der Waals surface area contributed by atoms with Gasteiger partial charge in [-0.3, -0.25) is 14.9 Å². The fourth-order valence-corrected chi connectivity index (χ4v) is 4.91. The lowest BCUT2D eigenvalue weighted by molar-refractivity contribution is -0.122. The topological polar surface area (TPSA) is 84.9 Å². The maximum atomic E-state index is 13.1. The molecule has 0 aliphatic carbocycles. The first-order valence-electron chi connectivity index (χ1n) is 10.2. The number of methoxy groups -OCH3 is 1. The van der Waals surface area contributed by atoms with E-state index >= 15 is 0 Å². The number of carbonyl (C=O) groups excluding carboxylic acids is 3. The van der Waals surface area contributed by atoms with Gasteiger partial charge in [0.25, 0.3) is 11.8 Å². The van der Waals surface area contributed by atoms with Gasteiger partial charge in [-0.25, -0.2) is 9.69 Å². The standard InChI is InChI=1S/C25H17Br3N2O5/c1-34-22-10-14(5-8-21(22)35-13-15-6-7-17(27)12-20(15)28)9-19-23(31)29-25(33)30(24(19)32)18-4-2-3-16(26)11-18/h2-12H,13H2,1H3,(H,29,31,33)/b19-9+. The molecular formula is C25H17Br3N2O5. The first kappa shape index (κ1) is 25.2. The maximum Gasteiger partial charge on any atom is 0.335 e. The molecule has 1 aliphatic rings. The molecule has 178 valence electrons. The number of nitrogens with zero attached hydrogens (tertiary/aromatic N) is 1. The second-order valence-electron chi connectivity index (χ2n) is 7.37. The number of anilines is 1. The van der Waals surface area contributed by atoms with Gasteiger partial charge in [-0.2, -0.15) is 0 Å². The number of imide groups is 2. The van der Waals surface area contributed by atoms with Crippen LogP contribution in [0.3, 0.4) is 0 Å². The van der Waals surface area contributed by atoms with Crippen molar-refractivity contribution in [3.05, 3.63) is 90.8 Å². The second kappa shape index (κ2) is 10.8. The Bertz CT molecular complexity index is 1370. The van der Waals surface area contributed by atoms with Gasteiger partial charge in [-0.1, -0.05) is 66.0 Å². The molecule has 1 N–H and O–H groups in total. The smallest absolute Gasteiger partial charge is 0.335 e. The zero-order valence-corrected chi connectivity index (χ0v) is 22.9. The number of barbiturate groups is 1. The van der Waals surface area contributed by atoms with E-state index in [0.717, 1.165) is 19.4 Å². The summed E-state index contributed by atoms with van der Waals surface area (Å²) in [6.07, 6.45) is 1.41. The van der Waals surface area contributed by atoms with Crippen molar-refractivity contribution in [1.29, 1.82) is 0 Å². The van der Waals surface area contributed by atoms with Gasteiger partial charge in [-0.15, -0.1) is 0 Å². The Morgan fingerprint density at radius 2 is 1.69 bits per heavy atom. The van der Waals surface area contributed by atoms with Crippen LogP contribution < -0.4 is 19.7 Å². The SMILES string of the molecule is COc1cc(/C=C2\C(=O)NC(=O)N(c3cccc(Br)c3)C2=O)ccc1OCc1ccc(Br)cc1Br. The molecule has 4 rings (SSSR count). The highest BCUT2D eigenvalue weighted by atomic mass is 79.9. The lowest BCUT2D eigenvalue weighted by atomic mass is 10.1. The van der Waals surface area contributed by atoms with Crippen LogP contribution in [0.2, 0.25) is 0 Å². The fraction of sp³-hybridized carbons (Fsp3) is 0.0800. The zero-order valence-electron chi connectivity index (χ0n) is 18.2. The van der Waals surface area contributed by atoms with E-state index in [4.69, 9.17) is 9.47 Å². The van der Waals surface area contributed by atoms with E-state index in [1.165, 1.54) is 13.2 Å². The van der Waals surface area contributed by atoms with Crippen molar-refractivity contribution in [3.8, 4) is 11.5 Å². The van der Waals surface area contributed by atoms with Crippen LogP contribution in [0.15, 0.2) is 79.7 Å². The van der Waals surface area contributed by atoms with Gasteiger partial charge in [0, 0.05) is 19.0 Å². The van der Waals surface area contributed by atoms with Crippen LogP contribution in [-0.4, -0.2) is 25.0 Å². The Morgan fingerprint density at radius 3 is 2.40 bits per heavy atom. The third kappa shape index (κ3) is 5.66. The Hall–Kier alpha value is -2.95. The molecular weight excluding hydrogens is 648 g/mol. The van der Waals surface area contributed by atoms with Crippen molar-refractivity contribution in [3.63, 3.8) is 0 Å². The summed E-state index contributed by atoms with van der Waals surface area (Å²) in [7, 11) is 1.50. The van der Waals surface area contributed by atoms with Crippen LogP contribution in [-0.2, 0) is 16.2 Å². The number of halogens is 3. The summed E-state index contributed by atoms with van der Waals surface area (Å²) >= 11 is 10.3. The Balaban J connectivity index is 1.59. The molecule has 1 aliphatic heterocycles.